The van der Waals surface area contributed by atoms with Crippen molar-refractivity contribution in [3.63, 3.8) is 0 Å². The molecule has 1 aliphatic rings. The average Bonchev–Trinajstić information content (AvgIpc) is 2.95. The summed E-state index contributed by atoms with van der Waals surface area (Å²) in [5, 5.41) is 2.60. The Hall–Kier alpha value is -2.32. The highest BCUT2D eigenvalue weighted by molar-refractivity contribution is 9.10. The maximum Gasteiger partial charge on any atom is 0.328 e. The van der Waals surface area contributed by atoms with Crippen LogP contribution in [-0.4, -0.2) is 30.0 Å². The molecule has 152 valence electrons. The molecule has 0 bridgehead atoms. The molecule has 0 saturated carbocycles. The van der Waals surface area contributed by atoms with E-state index in [0.29, 0.717) is 41.3 Å². The maximum atomic E-state index is 12.3. The van der Waals surface area contributed by atoms with Crippen molar-refractivity contribution in [2.45, 2.75) is 20.5 Å². The Labute approximate surface area is 186 Å². The van der Waals surface area contributed by atoms with E-state index in [1.807, 2.05) is 37.3 Å². The second-order valence-electron chi connectivity index (χ2n) is 6.22. The zero-order valence-electron chi connectivity index (χ0n) is 16.0. The number of nitrogens with one attached hydrogen (secondary N) is 1. The number of ether oxygens (including phenoxy) is 2. The summed E-state index contributed by atoms with van der Waals surface area (Å²) < 4.78 is 13.4. The minimum Gasteiger partial charge on any atom is -0.490 e. The third-order valence-corrected chi connectivity index (χ3v) is 5.34. The SMILES string of the molecule is CCOc1cc(/C=C2/NC(=O)N(CC)C2=O)cc(Br)c1OCc1ccc(Br)cc1. The normalized spacial score (nSPS) is 15.0. The molecular formula is C21H20Br2N2O4. The molecule has 2 aromatic rings. The van der Waals surface area contributed by atoms with E-state index in [2.05, 4.69) is 37.2 Å². The van der Waals surface area contributed by atoms with Crippen LogP contribution in [0, 0.1) is 0 Å². The van der Waals surface area contributed by atoms with Gasteiger partial charge in [-0.25, -0.2) is 4.79 Å². The van der Waals surface area contributed by atoms with Crippen molar-refractivity contribution in [2.75, 3.05) is 13.2 Å². The zero-order chi connectivity index (χ0) is 21.0. The number of urea groups is 1. The van der Waals surface area contributed by atoms with Crippen LogP contribution in [0.15, 0.2) is 51.0 Å². The van der Waals surface area contributed by atoms with Crippen molar-refractivity contribution >= 4 is 49.9 Å². The zero-order valence-corrected chi connectivity index (χ0v) is 19.2. The van der Waals surface area contributed by atoms with Gasteiger partial charge in [0.05, 0.1) is 11.1 Å². The molecule has 29 heavy (non-hydrogen) atoms. The van der Waals surface area contributed by atoms with E-state index >= 15 is 0 Å². The minimum atomic E-state index is -0.415. The largest absolute Gasteiger partial charge is 0.490 e. The number of carbonyl (C=O) groups is 2. The number of rotatable bonds is 7. The Bertz CT molecular complexity index is 958. The first kappa shape index (κ1) is 21.4. The summed E-state index contributed by atoms with van der Waals surface area (Å²) in [5.74, 6) is 0.783. The molecule has 1 N–H and O–H groups in total. The summed E-state index contributed by atoms with van der Waals surface area (Å²) in [6, 6.07) is 11.1. The third kappa shape index (κ3) is 5.00. The lowest BCUT2D eigenvalue weighted by Gasteiger charge is -2.15. The van der Waals surface area contributed by atoms with Gasteiger partial charge in [0, 0.05) is 11.0 Å². The second kappa shape index (κ2) is 9.45. The van der Waals surface area contributed by atoms with Crippen molar-refractivity contribution in [3.8, 4) is 11.5 Å². The lowest BCUT2D eigenvalue weighted by atomic mass is 10.1. The molecule has 0 aliphatic carbocycles. The van der Waals surface area contributed by atoms with E-state index in [-0.39, 0.29) is 11.6 Å². The van der Waals surface area contributed by atoms with Crippen LogP contribution in [0.4, 0.5) is 4.79 Å². The number of imide groups is 1. The van der Waals surface area contributed by atoms with Crippen molar-refractivity contribution in [1.82, 2.24) is 10.2 Å². The van der Waals surface area contributed by atoms with Crippen LogP contribution in [0.3, 0.4) is 0 Å². The summed E-state index contributed by atoms with van der Waals surface area (Å²) in [5.41, 5.74) is 1.96. The lowest BCUT2D eigenvalue weighted by molar-refractivity contribution is -0.122. The predicted octanol–water partition coefficient (Wildman–Crippen LogP) is 5.10. The van der Waals surface area contributed by atoms with Gasteiger partial charge in [-0.2, -0.15) is 0 Å². The molecule has 1 saturated heterocycles. The summed E-state index contributed by atoms with van der Waals surface area (Å²) in [7, 11) is 0. The highest BCUT2D eigenvalue weighted by Gasteiger charge is 2.32. The smallest absolute Gasteiger partial charge is 0.328 e. The van der Waals surface area contributed by atoms with Crippen LogP contribution in [0.1, 0.15) is 25.0 Å². The third-order valence-electron chi connectivity index (χ3n) is 4.22. The quantitative estimate of drug-likeness (QED) is 0.405. The van der Waals surface area contributed by atoms with Gasteiger partial charge >= 0.3 is 6.03 Å². The molecule has 0 spiro atoms. The number of carbonyl (C=O) groups excluding carboxylic acids is 2. The number of amides is 3. The van der Waals surface area contributed by atoms with Crippen LogP contribution in [0.2, 0.25) is 0 Å². The number of likely N-dealkylation sites (N-methyl/N-ethyl adjacent to an activating group) is 1. The highest BCUT2D eigenvalue weighted by atomic mass is 79.9. The van der Waals surface area contributed by atoms with Crippen LogP contribution < -0.4 is 14.8 Å². The molecule has 8 heteroatoms. The molecule has 0 unspecified atom stereocenters. The standard InChI is InChI=1S/C21H20Br2N2O4/c1-3-25-20(26)17(24-21(25)27)10-14-9-16(23)19(18(11-14)28-4-2)29-12-13-5-7-15(22)8-6-13/h5-11H,3-4,12H2,1-2H3,(H,24,27)/b17-10+. The number of hydrogen-bond donors (Lipinski definition) is 1. The van der Waals surface area contributed by atoms with Crippen LogP contribution in [0.5, 0.6) is 11.5 Å². The topological polar surface area (TPSA) is 67.9 Å². The molecule has 0 aromatic heterocycles. The Kier molecular flexibility index (Phi) is 6.97. The predicted molar refractivity (Wildman–Crippen MR) is 118 cm³/mol. The molecule has 3 amide bonds. The molecule has 1 aliphatic heterocycles. The Morgan fingerprint density at radius 2 is 1.79 bits per heavy atom. The van der Waals surface area contributed by atoms with E-state index in [0.717, 1.165) is 14.9 Å². The van der Waals surface area contributed by atoms with E-state index in [4.69, 9.17) is 9.47 Å². The van der Waals surface area contributed by atoms with Crippen LogP contribution >= 0.6 is 31.9 Å². The van der Waals surface area contributed by atoms with Crippen LogP contribution in [-0.2, 0) is 11.4 Å². The molecular weight excluding hydrogens is 504 g/mol. The van der Waals surface area contributed by atoms with Crippen molar-refractivity contribution in [3.05, 3.63) is 62.2 Å². The van der Waals surface area contributed by atoms with E-state index in [9.17, 15) is 9.59 Å². The first-order valence-electron chi connectivity index (χ1n) is 9.11. The molecule has 0 atom stereocenters. The second-order valence-corrected chi connectivity index (χ2v) is 7.99. The van der Waals surface area contributed by atoms with Crippen molar-refractivity contribution in [2.24, 2.45) is 0 Å². The number of hydrogen-bond acceptors (Lipinski definition) is 4. The van der Waals surface area contributed by atoms with Gasteiger partial charge in [-0.05, 0) is 71.2 Å². The van der Waals surface area contributed by atoms with E-state index in [1.54, 1.807) is 19.1 Å². The van der Waals surface area contributed by atoms with Gasteiger partial charge in [0.2, 0.25) is 0 Å². The number of benzene rings is 2. The van der Waals surface area contributed by atoms with Gasteiger partial charge < -0.3 is 14.8 Å². The highest BCUT2D eigenvalue weighted by Crippen LogP contribution is 2.38. The van der Waals surface area contributed by atoms with Crippen molar-refractivity contribution in [1.29, 1.82) is 0 Å². The van der Waals surface area contributed by atoms with Gasteiger partial charge in [-0.1, -0.05) is 28.1 Å². The van der Waals surface area contributed by atoms with Gasteiger partial charge in [-0.3, -0.25) is 9.69 Å². The van der Waals surface area contributed by atoms with Gasteiger partial charge in [0.25, 0.3) is 5.91 Å². The fourth-order valence-corrected chi connectivity index (χ4v) is 3.67. The number of nitrogens with zero attached hydrogens (tertiary/aromatic N) is 1. The number of halogens is 2. The summed E-state index contributed by atoms with van der Waals surface area (Å²) in [6.07, 6.45) is 1.63. The monoisotopic (exact) mass is 522 g/mol. The molecule has 6 nitrogen and oxygen atoms in total. The lowest BCUT2D eigenvalue weighted by Crippen LogP contribution is -2.30. The summed E-state index contributed by atoms with van der Waals surface area (Å²) in [6.45, 7) is 4.80. The van der Waals surface area contributed by atoms with Crippen molar-refractivity contribution < 1.29 is 19.1 Å². The first-order valence-corrected chi connectivity index (χ1v) is 10.7. The fourth-order valence-electron chi connectivity index (χ4n) is 2.84. The van der Waals surface area contributed by atoms with Gasteiger partial charge in [0.15, 0.2) is 11.5 Å². The maximum absolute atomic E-state index is 12.3. The average molecular weight is 524 g/mol. The molecule has 3 rings (SSSR count). The van der Waals surface area contributed by atoms with Gasteiger partial charge in [-0.15, -0.1) is 0 Å². The van der Waals surface area contributed by atoms with E-state index in [1.165, 1.54) is 0 Å². The summed E-state index contributed by atoms with van der Waals surface area (Å²) >= 11 is 6.95. The Balaban J connectivity index is 1.86. The first-order chi connectivity index (χ1) is 13.9. The molecule has 0 radical (unpaired) electrons. The molecule has 1 heterocycles. The Morgan fingerprint density at radius 1 is 1.07 bits per heavy atom. The van der Waals surface area contributed by atoms with Crippen LogP contribution in [0.25, 0.3) is 6.08 Å². The van der Waals surface area contributed by atoms with E-state index < -0.39 is 6.03 Å². The van der Waals surface area contributed by atoms with Gasteiger partial charge in [0.1, 0.15) is 12.3 Å². The summed E-state index contributed by atoms with van der Waals surface area (Å²) in [4.78, 5) is 25.3. The fraction of sp³-hybridized carbons (Fsp3) is 0.238. The minimum absolute atomic E-state index is 0.231. The molecule has 2 aromatic carbocycles. The molecule has 1 fully saturated rings. The Morgan fingerprint density at radius 3 is 2.41 bits per heavy atom.